The fourth-order valence-corrected chi connectivity index (χ4v) is 5.83. The molecular formula is C23H18N2O8S. The Balaban J connectivity index is 1.65. The lowest BCUT2D eigenvalue weighted by atomic mass is 9.77. The minimum absolute atomic E-state index is 0.0832. The molecule has 0 spiro atoms. The number of phenolic OH excluding ortho intramolecular Hbond substituents is 1. The van der Waals surface area contributed by atoms with Crippen molar-refractivity contribution in [2.45, 2.75) is 11.2 Å². The molecule has 0 saturated carbocycles. The van der Waals surface area contributed by atoms with Crippen LogP contribution < -0.4 is 20.1 Å². The van der Waals surface area contributed by atoms with Crippen molar-refractivity contribution >= 4 is 41.2 Å². The van der Waals surface area contributed by atoms with Gasteiger partial charge in [-0.25, -0.2) is 14.5 Å². The third-order valence-corrected chi connectivity index (χ3v) is 7.30. The lowest BCUT2D eigenvalue weighted by molar-refractivity contribution is -0.131. The van der Waals surface area contributed by atoms with E-state index in [2.05, 4.69) is 0 Å². The number of nitrogens with zero attached hydrogens (tertiary/aromatic N) is 1. The molecule has 10 nitrogen and oxygen atoms in total. The van der Waals surface area contributed by atoms with Gasteiger partial charge in [-0.3, -0.25) is 9.59 Å². The van der Waals surface area contributed by atoms with Crippen LogP contribution in [0.1, 0.15) is 21.8 Å². The molecule has 2 aromatic rings. The summed E-state index contributed by atoms with van der Waals surface area (Å²) < 4.78 is 15.4. The van der Waals surface area contributed by atoms with Crippen LogP contribution in [-0.4, -0.2) is 48.3 Å². The molecule has 3 aliphatic heterocycles. The van der Waals surface area contributed by atoms with E-state index in [1.807, 2.05) is 0 Å². The molecule has 3 atom stereocenters. The molecule has 0 unspecified atom stereocenters. The van der Waals surface area contributed by atoms with E-state index in [9.17, 15) is 24.3 Å². The van der Waals surface area contributed by atoms with Gasteiger partial charge in [0, 0.05) is 17.5 Å². The zero-order chi connectivity index (χ0) is 24.3. The van der Waals surface area contributed by atoms with E-state index in [0.29, 0.717) is 5.56 Å². The highest BCUT2D eigenvalue weighted by atomic mass is 32.2. The Labute approximate surface area is 197 Å². The smallest absolute Gasteiger partial charge is 0.342 e. The Morgan fingerprint density at radius 2 is 1.88 bits per heavy atom. The van der Waals surface area contributed by atoms with Crippen LogP contribution in [0.15, 0.2) is 47.0 Å². The molecule has 1 saturated heterocycles. The topological polar surface area (TPSA) is 145 Å². The van der Waals surface area contributed by atoms with E-state index in [1.165, 1.54) is 44.6 Å². The number of ether oxygens (including phenoxy) is 3. The summed E-state index contributed by atoms with van der Waals surface area (Å²) in [6, 6.07) is 8.50. The van der Waals surface area contributed by atoms with Gasteiger partial charge < -0.3 is 25.1 Å². The molecule has 3 aliphatic rings. The summed E-state index contributed by atoms with van der Waals surface area (Å²) in [5, 5.41) is 9.01. The van der Waals surface area contributed by atoms with Gasteiger partial charge in [-0.05, 0) is 24.3 Å². The van der Waals surface area contributed by atoms with E-state index in [-0.39, 0.29) is 39.1 Å². The average molecular weight is 482 g/mol. The van der Waals surface area contributed by atoms with Crippen molar-refractivity contribution in [3.63, 3.8) is 0 Å². The predicted octanol–water partition coefficient (Wildman–Crippen LogP) is 1.67. The van der Waals surface area contributed by atoms with E-state index in [1.54, 1.807) is 6.07 Å². The van der Waals surface area contributed by atoms with Crippen LogP contribution in [-0.2, 0) is 19.1 Å². The maximum absolute atomic E-state index is 13.8. The molecule has 2 aromatic carbocycles. The molecule has 3 N–H and O–H groups in total. The molecule has 11 heteroatoms. The largest absolute Gasteiger partial charge is 0.508 e. The van der Waals surface area contributed by atoms with Crippen molar-refractivity contribution in [2.75, 3.05) is 19.1 Å². The zero-order valence-corrected chi connectivity index (χ0v) is 18.8. The highest BCUT2D eigenvalue weighted by Gasteiger charge is 2.59. The second kappa shape index (κ2) is 7.80. The zero-order valence-electron chi connectivity index (χ0n) is 17.9. The summed E-state index contributed by atoms with van der Waals surface area (Å²) in [5.41, 5.74) is 6.95. The van der Waals surface area contributed by atoms with Crippen molar-refractivity contribution in [1.29, 1.82) is 0 Å². The normalized spacial score (nSPS) is 23.2. The number of aromatic hydroxyl groups is 1. The third-order valence-electron chi connectivity index (χ3n) is 6.08. The number of fused-ring (bicyclic) bond motifs is 5. The fourth-order valence-electron chi connectivity index (χ4n) is 4.59. The molecule has 174 valence electrons. The van der Waals surface area contributed by atoms with E-state index in [0.717, 1.165) is 16.7 Å². The minimum atomic E-state index is -0.970. The van der Waals surface area contributed by atoms with Gasteiger partial charge in [-0.2, -0.15) is 0 Å². The first-order valence-electron chi connectivity index (χ1n) is 10.1. The molecule has 1 fully saturated rings. The van der Waals surface area contributed by atoms with Gasteiger partial charge in [0.2, 0.25) is 11.8 Å². The van der Waals surface area contributed by atoms with Gasteiger partial charge in [0.25, 0.3) is 0 Å². The van der Waals surface area contributed by atoms with Gasteiger partial charge in [0.05, 0.1) is 42.0 Å². The molecule has 0 aliphatic carbocycles. The molecule has 34 heavy (non-hydrogen) atoms. The summed E-state index contributed by atoms with van der Waals surface area (Å²) in [7, 11) is 2.60. The third kappa shape index (κ3) is 3.04. The first-order chi connectivity index (χ1) is 16.3. The second-order valence-corrected chi connectivity index (χ2v) is 9.00. The fraction of sp³-hybridized carbons (Fsp3) is 0.217. The van der Waals surface area contributed by atoms with Crippen molar-refractivity contribution in [3.8, 4) is 17.2 Å². The van der Waals surface area contributed by atoms with Gasteiger partial charge >= 0.3 is 11.9 Å². The number of imide groups is 1. The Morgan fingerprint density at radius 1 is 1.12 bits per heavy atom. The summed E-state index contributed by atoms with van der Waals surface area (Å²) in [4.78, 5) is 53.1. The van der Waals surface area contributed by atoms with Crippen LogP contribution >= 0.6 is 11.8 Å². The number of hydrogen-bond donors (Lipinski definition) is 2. The molecule has 5 rings (SSSR count). The standard InChI is InChI=1S/C23H18N2O8S/c1-31-13-6-3-9(22(29)32-2)7-12(13)25-20(27)16-15-11-5-4-10(26)8-14(11)33-23(30)17(15)19(24)34-18(16)21(25)28/h3-8,15-16,18,26H,24H2,1-2H3/t15-,16+,18-/m0/s1. The van der Waals surface area contributed by atoms with E-state index in [4.69, 9.17) is 19.9 Å². The first kappa shape index (κ1) is 21.8. The highest BCUT2D eigenvalue weighted by Crippen LogP contribution is 2.55. The van der Waals surface area contributed by atoms with Crippen molar-refractivity contribution < 1.29 is 38.5 Å². The van der Waals surface area contributed by atoms with Crippen LogP contribution in [0.3, 0.4) is 0 Å². The molecular weight excluding hydrogens is 464 g/mol. The molecule has 2 amide bonds. The number of carbonyl (C=O) groups is 4. The molecule has 0 bridgehead atoms. The monoisotopic (exact) mass is 482 g/mol. The Morgan fingerprint density at radius 3 is 2.59 bits per heavy atom. The number of nitrogens with two attached hydrogens (primary N) is 1. The molecule has 3 heterocycles. The Bertz CT molecular complexity index is 1320. The van der Waals surface area contributed by atoms with Crippen molar-refractivity contribution in [2.24, 2.45) is 11.7 Å². The number of thioether (sulfide) groups is 1. The number of benzene rings is 2. The number of phenols is 1. The first-order valence-corrected chi connectivity index (χ1v) is 11.0. The maximum Gasteiger partial charge on any atom is 0.342 e. The summed E-state index contributed by atoms with van der Waals surface area (Å²) in [6.45, 7) is 0. The number of esters is 2. The van der Waals surface area contributed by atoms with Crippen LogP contribution in [0.2, 0.25) is 0 Å². The minimum Gasteiger partial charge on any atom is -0.508 e. The summed E-state index contributed by atoms with van der Waals surface area (Å²) >= 11 is 0.926. The van der Waals surface area contributed by atoms with Crippen LogP contribution in [0.4, 0.5) is 5.69 Å². The van der Waals surface area contributed by atoms with Crippen molar-refractivity contribution in [3.05, 3.63) is 58.1 Å². The van der Waals surface area contributed by atoms with Crippen LogP contribution in [0.5, 0.6) is 17.2 Å². The van der Waals surface area contributed by atoms with Gasteiger partial charge in [0.1, 0.15) is 22.5 Å². The second-order valence-electron chi connectivity index (χ2n) is 7.82. The Kier molecular flexibility index (Phi) is 5.01. The number of carbonyl (C=O) groups excluding carboxylic acids is 4. The van der Waals surface area contributed by atoms with E-state index < -0.39 is 40.8 Å². The van der Waals surface area contributed by atoms with E-state index >= 15 is 0 Å². The van der Waals surface area contributed by atoms with Gasteiger partial charge in [-0.1, -0.05) is 17.8 Å². The number of amides is 2. The average Bonchev–Trinajstić information content (AvgIpc) is 3.06. The highest BCUT2D eigenvalue weighted by molar-refractivity contribution is 8.04. The number of hydrogen-bond acceptors (Lipinski definition) is 10. The lowest BCUT2D eigenvalue weighted by Gasteiger charge is -2.36. The molecule has 0 radical (unpaired) electrons. The number of anilines is 1. The van der Waals surface area contributed by atoms with Crippen LogP contribution in [0.25, 0.3) is 0 Å². The Hall–Kier alpha value is -3.99. The lowest BCUT2D eigenvalue weighted by Crippen LogP contribution is -2.39. The van der Waals surface area contributed by atoms with Gasteiger partial charge in [-0.15, -0.1) is 0 Å². The molecule has 0 aromatic heterocycles. The maximum atomic E-state index is 13.8. The summed E-state index contributed by atoms with van der Waals surface area (Å²) in [6.07, 6.45) is 0. The quantitative estimate of drug-likeness (QED) is 0.376. The van der Waals surface area contributed by atoms with Crippen molar-refractivity contribution in [1.82, 2.24) is 0 Å². The van der Waals surface area contributed by atoms with Gasteiger partial charge in [0.15, 0.2) is 0 Å². The number of methoxy groups -OCH3 is 2. The summed E-state index contributed by atoms with van der Waals surface area (Å²) in [5.74, 6) is -4.15. The van der Waals surface area contributed by atoms with Crippen LogP contribution in [0, 0.1) is 5.92 Å². The SMILES string of the molecule is COC(=O)c1ccc(OC)c(N2C(=O)[C@H]3[C@H](SC(N)=C4C(=O)Oc5cc(O)ccc5[C@H]43)C2=O)c1. The predicted molar refractivity (Wildman–Crippen MR) is 119 cm³/mol. The number of rotatable bonds is 3.